The van der Waals surface area contributed by atoms with Gasteiger partial charge in [-0.2, -0.15) is 9.40 Å². The molecule has 1 aromatic heterocycles. The fourth-order valence-corrected chi connectivity index (χ4v) is 5.55. The van der Waals surface area contributed by atoms with Crippen LogP contribution in [0.25, 0.3) is 0 Å². The summed E-state index contributed by atoms with van der Waals surface area (Å²) < 4.78 is 35.0. The Morgan fingerprint density at radius 1 is 1.17 bits per heavy atom. The maximum Gasteiger partial charge on any atom is 0.217 e. The van der Waals surface area contributed by atoms with Gasteiger partial charge in [-0.05, 0) is 37.7 Å². The molecular weight excluding hydrogens is 314 g/mol. The van der Waals surface area contributed by atoms with Crippen molar-refractivity contribution < 1.29 is 13.2 Å². The molecule has 128 valence electrons. The number of aromatic nitrogens is 2. The molecule has 0 N–H and O–H groups in total. The third-order valence-electron chi connectivity index (χ3n) is 5.27. The lowest BCUT2D eigenvalue weighted by Gasteiger charge is -2.24. The Balaban J connectivity index is 1.49. The molecule has 2 fully saturated rings. The molecule has 0 spiro atoms. The van der Waals surface area contributed by atoms with Gasteiger partial charge < -0.3 is 4.74 Å². The summed E-state index contributed by atoms with van der Waals surface area (Å²) in [6, 6.07) is 1.91. The Hall–Kier alpha value is -0.920. The van der Waals surface area contributed by atoms with Crippen molar-refractivity contribution in [3.8, 4) is 0 Å². The SMILES string of the molecule is O=S(=O)(C1CC1)N1Cc2ccnn2C[C@@H](OCC2CCCC2)C1. The molecular formula is C16H25N3O3S. The van der Waals surface area contributed by atoms with Gasteiger partial charge in [0.2, 0.25) is 10.0 Å². The van der Waals surface area contributed by atoms with Crippen LogP contribution >= 0.6 is 0 Å². The average Bonchev–Trinajstić information content (AvgIpc) is 3.17. The third kappa shape index (κ3) is 3.32. The molecule has 2 aliphatic carbocycles. The van der Waals surface area contributed by atoms with E-state index in [1.54, 1.807) is 10.5 Å². The van der Waals surface area contributed by atoms with Crippen LogP contribution in [0.15, 0.2) is 12.3 Å². The Bertz CT molecular complexity index is 647. The van der Waals surface area contributed by atoms with Crippen LogP contribution in [0.2, 0.25) is 0 Å². The quantitative estimate of drug-likeness (QED) is 0.820. The molecule has 1 atom stereocenters. The second-order valence-electron chi connectivity index (χ2n) is 7.15. The second-order valence-corrected chi connectivity index (χ2v) is 9.36. The summed E-state index contributed by atoms with van der Waals surface area (Å²) in [6.45, 7) is 2.27. The van der Waals surface area contributed by atoms with Gasteiger partial charge in [-0.25, -0.2) is 8.42 Å². The first-order valence-electron chi connectivity index (χ1n) is 8.74. The number of rotatable bonds is 5. The fourth-order valence-electron chi connectivity index (χ4n) is 3.71. The fraction of sp³-hybridized carbons (Fsp3) is 0.812. The lowest BCUT2D eigenvalue weighted by atomic mass is 10.1. The van der Waals surface area contributed by atoms with E-state index >= 15 is 0 Å². The molecule has 4 rings (SSSR count). The topological polar surface area (TPSA) is 64.4 Å². The highest BCUT2D eigenvalue weighted by Gasteiger charge is 2.42. The Labute approximate surface area is 137 Å². The standard InChI is InChI=1S/C16H25N3O3S/c20-23(21,16-5-6-16)18-9-14-7-8-17-19(14)11-15(10-18)22-12-13-3-1-2-4-13/h7-8,13,15-16H,1-6,9-12H2/t15-/m0/s1. The van der Waals surface area contributed by atoms with E-state index in [2.05, 4.69) is 5.10 Å². The summed E-state index contributed by atoms with van der Waals surface area (Å²) in [5.74, 6) is 0.642. The van der Waals surface area contributed by atoms with Gasteiger partial charge in [0.25, 0.3) is 0 Å². The van der Waals surface area contributed by atoms with Crippen LogP contribution in [0.5, 0.6) is 0 Å². The van der Waals surface area contributed by atoms with Gasteiger partial charge >= 0.3 is 0 Å². The highest BCUT2D eigenvalue weighted by molar-refractivity contribution is 7.90. The Kier molecular flexibility index (Phi) is 4.19. The van der Waals surface area contributed by atoms with Gasteiger partial charge in [0.05, 0.1) is 30.1 Å². The van der Waals surface area contributed by atoms with Crippen molar-refractivity contribution in [2.45, 2.75) is 63.0 Å². The van der Waals surface area contributed by atoms with E-state index in [-0.39, 0.29) is 11.4 Å². The van der Waals surface area contributed by atoms with Gasteiger partial charge in [-0.3, -0.25) is 4.68 Å². The number of hydrogen-bond acceptors (Lipinski definition) is 4. The predicted molar refractivity (Wildman–Crippen MR) is 86.3 cm³/mol. The van der Waals surface area contributed by atoms with E-state index in [9.17, 15) is 8.42 Å². The number of hydrogen-bond donors (Lipinski definition) is 0. The van der Waals surface area contributed by atoms with Crippen molar-refractivity contribution >= 4 is 10.0 Å². The molecule has 3 aliphatic rings. The van der Waals surface area contributed by atoms with Crippen LogP contribution in [0.1, 0.15) is 44.2 Å². The summed E-state index contributed by atoms with van der Waals surface area (Å²) in [6.07, 6.45) is 8.31. The second kappa shape index (κ2) is 6.18. The van der Waals surface area contributed by atoms with Gasteiger partial charge in [-0.1, -0.05) is 12.8 Å². The molecule has 7 heteroatoms. The van der Waals surface area contributed by atoms with E-state index in [0.29, 0.717) is 25.6 Å². The molecule has 2 heterocycles. The minimum atomic E-state index is -3.19. The van der Waals surface area contributed by atoms with Crippen LogP contribution < -0.4 is 0 Å². The Morgan fingerprint density at radius 3 is 2.70 bits per heavy atom. The van der Waals surface area contributed by atoms with Crippen molar-refractivity contribution in [2.75, 3.05) is 13.2 Å². The van der Waals surface area contributed by atoms with Crippen LogP contribution in [0.3, 0.4) is 0 Å². The lowest BCUT2D eigenvalue weighted by molar-refractivity contribution is 0.0123. The first kappa shape index (κ1) is 15.6. The van der Waals surface area contributed by atoms with Crippen molar-refractivity contribution in [1.29, 1.82) is 0 Å². The number of sulfonamides is 1. The summed E-state index contributed by atoms with van der Waals surface area (Å²) in [7, 11) is -3.19. The molecule has 1 aliphatic heterocycles. The average molecular weight is 339 g/mol. The molecule has 0 unspecified atom stereocenters. The molecule has 0 aromatic carbocycles. The predicted octanol–water partition coefficient (Wildman–Crippen LogP) is 1.77. The summed E-state index contributed by atoms with van der Waals surface area (Å²) in [4.78, 5) is 0. The van der Waals surface area contributed by atoms with Gasteiger partial charge in [0.15, 0.2) is 0 Å². The molecule has 2 saturated carbocycles. The number of nitrogens with zero attached hydrogens (tertiary/aromatic N) is 3. The normalized spacial score (nSPS) is 27.0. The minimum Gasteiger partial charge on any atom is -0.375 e. The van der Waals surface area contributed by atoms with Crippen molar-refractivity contribution in [3.63, 3.8) is 0 Å². The molecule has 0 saturated heterocycles. The number of fused-ring (bicyclic) bond motifs is 1. The van der Waals surface area contributed by atoms with Crippen LogP contribution in [0.4, 0.5) is 0 Å². The molecule has 6 nitrogen and oxygen atoms in total. The van der Waals surface area contributed by atoms with Crippen LogP contribution in [-0.4, -0.2) is 47.0 Å². The highest BCUT2D eigenvalue weighted by Crippen LogP contribution is 2.33. The largest absolute Gasteiger partial charge is 0.375 e. The number of ether oxygens (including phenoxy) is 1. The lowest BCUT2D eigenvalue weighted by Crippen LogP contribution is -2.39. The maximum absolute atomic E-state index is 12.7. The Morgan fingerprint density at radius 2 is 1.96 bits per heavy atom. The smallest absolute Gasteiger partial charge is 0.217 e. The summed E-state index contributed by atoms with van der Waals surface area (Å²) in [5, 5.41) is 4.17. The van der Waals surface area contributed by atoms with Gasteiger partial charge in [0.1, 0.15) is 0 Å². The van der Waals surface area contributed by atoms with E-state index in [1.807, 2.05) is 10.7 Å². The van der Waals surface area contributed by atoms with Gasteiger partial charge in [0, 0.05) is 19.3 Å². The monoisotopic (exact) mass is 339 g/mol. The zero-order chi connectivity index (χ0) is 15.9. The molecule has 0 amide bonds. The van der Waals surface area contributed by atoms with E-state index in [0.717, 1.165) is 25.1 Å². The summed E-state index contributed by atoms with van der Waals surface area (Å²) >= 11 is 0. The maximum atomic E-state index is 12.7. The van der Waals surface area contributed by atoms with Crippen molar-refractivity contribution in [2.24, 2.45) is 5.92 Å². The van der Waals surface area contributed by atoms with Crippen molar-refractivity contribution in [3.05, 3.63) is 18.0 Å². The van der Waals surface area contributed by atoms with Crippen LogP contribution in [0, 0.1) is 5.92 Å². The first-order chi connectivity index (χ1) is 11.1. The molecule has 0 bridgehead atoms. The molecule has 1 aromatic rings. The van der Waals surface area contributed by atoms with E-state index in [4.69, 9.17) is 4.74 Å². The first-order valence-corrected chi connectivity index (χ1v) is 10.2. The zero-order valence-corrected chi connectivity index (χ0v) is 14.2. The molecule has 0 radical (unpaired) electrons. The van der Waals surface area contributed by atoms with E-state index in [1.165, 1.54) is 25.7 Å². The summed E-state index contributed by atoms with van der Waals surface area (Å²) in [5.41, 5.74) is 0.959. The van der Waals surface area contributed by atoms with Crippen LogP contribution in [-0.2, 0) is 27.8 Å². The van der Waals surface area contributed by atoms with Gasteiger partial charge in [-0.15, -0.1) is 0 Å². The highest BCUT2D eigenvalue weighted by atomic mass is 32.2. The zero-order valence-electron chi connectivity index (χ0n) is 13.4. The minimum absolute atomic E-state index is 0.106. The van der Waals surface area contributed by atoms with E-state index < -0.39 is 10.0 Å². The third-order valence-corrected chi connectivity index (χ3v) is 7.59. The van der Waals surface area contributed by atoms with Crippen molar-refractivity contribution in [1.82, 2.24) is 14.1 Å². The molecule has 23 heavy (non-hydrogen) atoms.